The van der Waals surface area contributed by atoms with Gasteiger partial charge in [-0.1, -0.05) is 0 Å². The average Bonchev–Trinajstić information content (AvgIpc) is 1.41. The molecule has 0 aromatic carbocycles. The Morgan fingerprint density at radius 2 is 1.50 bits per heavy atom. The van der Waals surface area contributed by atoms with Gasteiger partial charge >= 0.3 is 23.1 Å². The first kappa shape index (κ1) is 23.5. The van der Waals surface area contributed by atoms with Crippen molar-refractivity contribution < 1.29 is 15.4 Å². The normalized spacial score (nSPS) is 3.88. The van der Waals surface area contributed by atoms with Gasteiger partial charge in [0.1, 0.15) is 0 Å². The quantitative estimate of drug-likeness (QED) is 0.342. The Morgan fingerprint density at radius 3 is 1.50 bits per heavy atom. The Labute approximate surface area is 70.3 Å². The summed E-state index contributed by atoms with van der Waals surface area (Å²) in [7, 11) is 0. The standard InChI is InChI=1S/C2H4O2.CH4S.Mg.H2O.2H/c1-2(3)4;1-2;;;;/h1H3,(H,3,4);2H,1H3;;1H2;;. The van der Waals surface area contributed by atoms with E-state index in [0.717, 1.165) is 6.92 Å². The van der Waals surface area contributed by atoms with E-state index in [1.807, 2.05) is 0 Å². The van der Waals surface area contributed by atoms with Crippen LogP contribution in [0.2, 0.25) is 0 Å². The summed E-state index contributed by atoms with van der Waals surface area (Å²) in [6.45, 7) is 1.08. The lowest BCUT2D eigenvalue weighted by molar-refractivity contribution is -0.134. The van der Waals surface area contributed by atoms with Crippen molar-refractivity contribution >= 4 is 41.7 Å². The highest BCUT2D eigenvalue weighted by Gasteiger charge is 1.65. The molecule has 0 spiro atoms. The second-order valence-corrected chi connectivity index (χ2v) is 0.519. The number of carboxylic acid groups (broad SMARTS) is 1. The fourth-order valence-electron chi connectivity index (χ4n) is 0. The molecule has 0 saturated heterocycles. The van der Waals surface area contributed by atoms with Gasteiger partial charge in [0, 0.05) is 6.92 Å². The lowest BCUT2D eigenvalue weighted by Gasteiger charge is -1.59. The summed E-state index contributed by atoms with van der Waals surface area (Å²) < 4.78 is 0. The van der Waals surface area contributed by atoms with Crippen LogP contribution in [0, 0.1) is 0 Å². The van der Waals surface area contributed by atoms with Crippen LogP contribution in [0.1, 0.15) is 6.92 Å². The van der Waals surface area contributed by atoms with Crippen LogP contribution in [0.5, 0.6) is 0 Å². The van der Waals surface area contributed by atoms with Crippen molar-refractivity contribution in [1.82, 2.24) is 0 Å². The van der Waals surface area contributed by atoms with Crippen LogP contribution in [-0.2, 0) is 4.79 Å². The average molecular weight is 152 g/mol. The Morgan fingerprint density at radius 1 is 1.50 bits per heavy atom. The maximum atomic E-state index is 9.00. The molecule has 0 radical (unpaired) electrons. The second kappa shape index (κ2) is 25.7. The minimum absolute atomic E-state index is 0. The third-order valence-electron chi connectivity index (χ3n) is 0. The zero-order chi connectivity index (χ0) is 5.58. The molecule has 0 atom stereocenters. The monoisotopic (exact) mass is 152 g/mol. The van der Waals surface area contributed by atoms with Crippen molar-refractivity contribution in [1.29, 1.82) is 0 Å². The predicted molar refractivity (Wildman–Crippen MR) is 40.4 cm³/mol. The highest BCUT2D eigenvalue weighted by Crippen LogP contribution is 1.42. The van der Waals surface area contributed by atoms with E-state index in [9.17, 15) is 0 Å². The van der Waals surface area contributed by atoms with Crippen LogP contribution in [0.15, 0.2) is 0 Å². The van der Waals surface area contributed by atoms with Crippen molar-refractivity contribution in [3.05, 3.63) is 0 Å². The molecule has 0 heterocycles. The van der Waals surface area contributed by atoms with Crippen LogP contribution in [-0.4, -0.2) is 45.9 Å². The van der Waals surface area contributed by atoms with E-state index in [1.165, 1.54) is 0 Å². The number of carbonyl (C=O) groups is 1. The van der Waals surface area contributed by atoms with Crippen LogP contribution in [0.25, 0.3) is 0 Å². The van der Waals surface area contributed by atoms with E-state index < -0.39 is 5.97 Å². The lowest BCUT2D eigenvalue weighted by atomic mass is 10.9. The van der Waals surface area contributed by atoms with Crippen molar-refractivity contribution in [3.63, 3.8) is 0 Å². The van der Waals surface area contributed by atoms with Crippen LogP contribution >= 0.6 is 12.6 Å². The number of hydrogen-bond acceptors (Lipinski definition) is 2. The molecule has 0 unspecified atom stereocenters. The van der Waals surface area contributed by atoms with Gasteiger partial charge in [-0.05, 0) is 6.26 Å². The molecule has 0 aromatic rings. The van der Waals surface area contributed by atoms with Crippen molar-refractivity contribution in [3.8, 4) is 0 Å². The summed E-state index contributed by atoms with van der Waals surface area (Å²) in [6.07, 6.45) is 1.69. The molecule has 8 heavy (non-hydrogen) atoms. The highest BCUT2D eigenvalue weighted by atomic mass is 32.1. The van der Waals surface area contributed by atoms with E-state index in [0.29, 0.717) is 0 Å². The molecular weight excluding hydrogens is 140 g/mol. The van der Waals surface area contributed by atoms with Gasteiger partial charge in [-0.3, -0.25) is 4.79 Å². The van der Waals surface area contributed by atoms with Gasteiger partial charge in [0.15, 0.2) is 0 Å². The maximum absolute atomic E-state index is 9.00. The number of thiol groups is 1. The largest absolute Gasteiger partial charge is 0.481 e. The summed E-state index contributed by atoms with van der Waals surface area (Å²) in [6, 6.07) is 0. The van der Waals surface area contributed by atoms with E-state index in [-0.39, 0.29) is 28.5 Å². The molecule has 0 aromatic heterocycles. The van der Waals surface area contributed by atoms with Crippen molar-refractivity contribution in [2.24, 2.45) is 0 Å². The summed E-state index contributed by atoms with van der Waals surface area (Å²) in [5, 5.41) is 7.42. The van der Waals surface area contributed by atoms with Gasteiger partial charge in [0.25, 0.3) is 5.97 Å². The molecule has 0 aliphatic rings. The molecule has 0 amide bonds. The predicted octanol–water partition coefficient (Wildman–Crippen LogP) is -1.10. The van der Waals surface area contributed by atoms with Gasteiger partial charge in [0.05, 0.1) is 0 Å². The Kier molecular flexibility index (Phi) is 75.7. The molecule has 0 aliphatic heterocycles. The van der Waals surface area contributed by atoms with Crippen LogP contribution in [0.4, 0.5) is 0 Å². The minimum Gasteiger partial charge on any atom is -0.481 e. The number of rotatable bonds is 0. The first-order chi connectivity index (χ1) is 2.73. The second-order valence-electron chi connectivity index (χ2n) is 0.519. The number of carboxylic acids is 1. The van der Waals surface area contributed by atoms with Crippen molar-refractivity contribution in [2.75, 3.05) is 6.26 Å². The van der Waals surface area contributed by atoms with Crippen molar-refractivity contribution in [2.45, 2.75) is 6.92 Å². The van der Waals surface area contributed by atoms with Gasteiger partial charge < -0.3 is 10.6 Å². The number of hydrogen-bond donors (Lipinski definition) is 2. The highest BCUT2D eigenvalue weighted by molar-refractivity contribution is 7.79. The molecular formula is C3H12MgO3S. The Bertz CT molecular complexity index is 37.5. The van der Waals surface area contributed by atoms with E-state index >= 15 is 0 Å². The summed E-state index contributed by atoms with van der Waals surface area (Å²) in [5.41, 5.74) is 0. The third kappa shape index (κ3) is 675. The molecule has 50 valence electrons. The first-order valence-electron chi connectivity index (χ1n) is 1.37. The van der Waals surface area contributed by atoms with Crippen LogP contribution in [0.3, 0.4) is 0 Å². The summed E-state index contributed by atoms with van der Waals surface area (Å²) >= 11 is 3.53. The maximum Gasteiger partial charge on any atom is 0.316 e. The molecule has 0 saturated carbocycles. The van der Waals surface area contributed by atoms with Gasteiger partial charge in [0.2, 0.25) is 0 Å². The molecule has 5 heteroatoms. The third-order valence-corrected chi connectivity index (χ3v) is 0. The Hall–Kier alpha value is 0.546. The summed E-state index contributed by atoms with van der Waals surface area (Å²) in [4.78, 5) is 9.00. The zero-order valence-corrected chi connectivity index (χ0v) is 5.20. The number of aliphatic carboxylic acids is 1. The molecule has 0 rings (SSSR count). The molecule has 3 N–H and O–H groups in total. The van der Waals surface area contributed by atoms with E-state index in [1.54, 1.807) is 6.26 Å². The van der Waals surface area contributed by atoms with Gasteiger partial charge in [-0.15, -0.1) is 0 Å². The minimum atomic E-state index is -0.833. The smallest absolute Gasteiger partial charge is 0.316 e. The molecule has 0 bridgehead atoms. The van der Waals surface area contributed by atoms with E-state index in [2.05, 4.69) is 12.6 Å². The molecule has 0 aliphatic carbocycles. The summed E-state index contributed by atoms with van der Waals surface area (Å²) in [5.74, 6) is -0.833. The van der Waals surface area contributed by atoms with Gasteiger partial charge in [-0.25, -0.2) is 0 Å². The lowest BCUT2D eigenvalue weighted by Crippen LogP contribution is -1.78. The van der Waals surface area contributed by atoms with Crippen LogP contribution < -0.4 is 0 Å². The fraction of sp³-hybridized carbons (Fsp3) is 0.667. The first-order valence-corrected chi connectivity index (χ1v) is 2.27. The zero-order valence-electron chi connectivity index (χ0n) is 4.30. The van der Waals surface area contributed by atoms with Gasteiger partial charge in [-0.2, -0.15) is 12.6 Å². The topological polar surface area (TPSA) is 68.8 Å². The SMILES string of the molecule is CC(=O)O.CS.O.[MgH2]. The molecule has 3 nitrogen and oxygen atoms in total. The van der Waals surface area contributed by atoms with E-state index in [4.69, 9.17) is 9.90 Å². The Balaban J connectivity index is -0.0000000183. The fourth-order valence-corrected chi connectivity index (χ4v) is 0. The molecule has 0 fully saturated rings.